The monoisotopic (exact) mass is 896 g/mol. The van der Waals surface area contributed by atoms with E-state index in [0.717, 1.165) is 41.7 Å². The van der Waals surface area contributed by atoms with E-state index >= 15 is 4.39 Å². The number of likely N-dealkylation sites (tertiary alicyclic amines) is 1. The lowest BCUT2D eigenvalue weighted by Gasteiger charge is -2.46. The number of carbonyl (C=O) groups is 6. The van der Waals surface area contributed by atoms with Crippen LogP contribution in [0.3, 0.4) is 0 Å². The Hall–Kier alpha value is -5.48. The molecule has 1 saturated carbocycles. The Labute approximate surface area is 376 Å². The van der Waals surface area contributed by atoms with Gasteiger partial charge in [0.25, 0.3) is 11.8 Å². The fourth-order valence-corrected chi connectivity index (χ4v) is 10.4. The minimum absolute atomic E-state index is 0.00868. The molecule has 0 bridgehead atoms. The van der Waals surface area contributed by atoms with E-state index in [1.54, 1.807) is 18.2 Å². The molecular weight excluding hydrogens is 843 g/mol. The van der Waals surface area contributed by atoms with Crippen LogP contribution in [0, 0.1) is 17.8 Å². The van der Waals surface area contributed by atoms with E-state index in [9.17, 15) is 28.8 Å². The average molecular weight is 897 g/mol. The summed E-state index contributed by atoms with van der Waals surface area (Å²) in [7, 11) is 1.53. The number of nitrogens with one attached hydrogen (secondary N) is 3. The van der Waals surface area contributed by atoms with Gasteiger partial charge in [0.2, 0.25) is 23.6 Å². The summed E-state index contributed by atoms with van der Waals surface area (Å²) in [6.45, 7) is 4.07. The van der Waals surface area contributed by atoms with Gasteiger partial charge in [-0.1, -0.05) is 79.2 Å². The quantitative estimate of drug-likeness (QED) is 0.150. The zero-order chi connectivity index (χ0) is 45.2. The molecule has 8 rings (SSSR count). The molecular formula is C48H54ClFN6O8. The molecule has 2 aromatic carbocycles. The number of imide groups is 2. The van der Waals surface area contributed by atoms with Crippen molar-refractivity contribution in [1.82, 2.24) is 25.8 Å². The number of methoxy groups -OCH3 is 1. The molecule has 5 N–H and O–H groups in total. The molecule has 3 aliphatic carbocycles. The molecule has 0 spiro atoms. The minimum atomic E-state index is -1.07. The molecule has 2 aromatic rings. The van der Waals surface area contributed by atoms with E-state index in [2.05, 4.69) is 20.9 Å². The second-order valence-corrected chi connectivity index (χ2v) is 18.0. The van der Waals surface area contributed by atoms with Crippen molar-refractivity contribution in [3.8, 4) is 0 Å². The third kappa shape index (κ3) is 9.08. The topological polar surface area (TPSA) is 189 Å². The number of nitrogens with zero attached hydrogens (tertiary/aromatic N) is 2. The second kappa shape index (κ2) is 19.3. The van der Waals surface area contributed by atoms with Gasteiger partial charge >= 0.3 is 0 Å². The number of amides is 6. The summed E-state index contributed by atoms with van der Waals surface area (Å²) >= 11 is 6.76. The molecule has 16 heteroatoms. The molecule has 6 amide bonds. The lowest BCUT2D eigenvalue weighted by atomic mass is 9.79. The lowest BCUT2D eigenvalue weighted by Crippen LogP contribution is -2.64. The summed E-state index contributed by atoms with van der Waals surface area (Å²) in [5, 5.41) is 9.54. The van der Waals surface area contributed by atoms with Crippen LogP contribution in [0.1, 0.15) is 74.0 Å². The van der Waals surface area contributed by atoms with Crippen molar-refractivity contribution in [1.29, 1.82) is 0 Å². The highest BCUT2D eigenvalue weighted by atomic mass is 35.5. The van der Waals surface area contributed by atoms with Crippen LogP contribution < -0.4 is 21.7 Å². The average Bonchev–Trinajstić information content (AvgIpc) is 3.52. The number of ether oxygens (including phenoxy) is 2. The fourth-order valence-electron chi connectivity index (χ4n) is 10.1. The number of rotatable bonds is 15. The summed E-state index contributed by atoms with van der Waals surface area (Å²) in [6, 6.07) is 14.5. The fraction of sp³-hybridized carbons (Fsp3) is 0.458. The van der Waals surface area contributed by atoms with Gasteiger partial charge < -0.3 is 25.8 Å². The summed E-state index contributed by atoms with van der Waals surface area (Å²) in [4.78, 5) is 80.4. The van der Waals surface area contributed by atoms with Crippen molar-refractivity contribution in [2.75, 3.05) is 40.0 Å². The van der Waals surface area contributed by atoms with E-state index < -0.39 is 53.2 Å². The molecule has 6 atom stereocenters. The maximum atomic E-state index is 16.2. The van der Waals surface area contributed by atoms with E-state index in [-0.39, 0.29) is 73.6 Å². The summed E-state index contributed by atoms with van der Waals surface area (Å²) in [5.41, 5.74) is 8.84. The Morgan fingerprint density at radius 3 is 2.39 bits per heavy atom. The summed E-state index contributed by atoms with van der Waals surface area (Å²) in [6.07, 6.45) is 9.82. The van der Waals surface area contributed by atoms with Crippen LogP contribution in [-0.4, -0.2) is 109 Å². The first-order valence-electron chi connectivity index (χ1n) is 22.1. The molecule has 3 heterocycles. The van der Waals surface area contributed by atoms with Crippen LogP contribution in [0.15, 0.2) is 95.6 Å². The molecule has 3 fully saturated rings. The van der Waals surface area contributed by atoms with Gasteiger partial charge in [0, 0.05) is 79.2 Å². The first-order valence-corrected chi connectivity index (χ1v) is 22.5. The van der Waals surface area contributed by atoms with Gasteiger partial charge in [0.1, 0.15) is 12.6 Å². The third-order valence-electron chi connectivity index (χ3n) is 13.7. The van der Waals surface area contributed by atoms with Crippen molar-refractivity contribution in [3.63, 3.8) is 0 Å². The number of nitrogens with two attached hydrogens (primary N) is 1. The first-order chi connectivity index (χ1) is 30.8. The lowest BCUT2D eigenvalue weighted by molar-refractivity contribution is -0.150. The van der Waals surface area contributed by atoms with Crippen molar-refractivity contribution in [3.05, 3.63) is 117 Å². The molecule has 0 aromatic heterocycles. The van der Waals surface area contributed by atoms with Gasteiger partial charge in [-0.3, -0.25) is 43.9 Å². The van der Waals surface area contributed by atoms with Crippen LogP contribution in [-0.2, 0) is 38.2 Å². The van der Waals surface area contributed by atoms with Gasteiger partial charge in [-0.15, -0.1) is 0 Å². The van der Waals surface area contributed by atoms with Gasteiger partial charge in [0.05, 0.1) is 24.5 Å². The normalized spacial score (nSPS) is 27.9. The van der Waals surface area contributed by atoms with Crippen LogP contribution in [0.5, 0.6) is 0 Å². The number of piperidine rings is 1. The Bertz CT molecular complexity index is 2320. The molecule has 6 unspecified atom stereocenters. The first kappa shape index (κ1) is 45.1. The van der Waals surface area contributed by atoms with Crippen LogP contribution in [0.25, 0.3) is 0 Å². The number of primary amides is 1. The molecule has 0 radical (unpaired) electrons. The van der Waals surface area contributed by atoms with E-state index in [0.29, 0.717) is 41.4 Å². The standard InChI is InChI=1S/C48H54ClFN6O8/c1-26-37(16-13-33-41(26)48(62)56(47(33)61)38-17-19-40(57)54-46(38)60)55-24-31(25-55)53-45(59)28-8-11-30(12-9-28)52-23-35(27-6-4-3-5-7-27)29-10-15-36(49)34(22-29)42-32(44(51)58)14-18-39(43(42)50)64-21-20-63-2/h3-7,10,13-16,18,22,26,28,30-32,35,37-38,42,52H,8-9,11-12,17,19-21,23-25H2,1-2H3,(H2,51,58)(H,53,59)(H,54,57,60). The number of carbonyl (C=O) groups excluding carboxylic acids is 6. The van der Waals surface area contributed by atoms with Gasteiger partial charge in [-0.25, -0.2) is 4.39 Å². The SMILES string of the molecule is COCCOC1=C(F)C(c2cc(C(CNC3CCC(C(=O)NC4CN(C5C=CC6=C(C(=O)N(C7CCC(=O)NC7=O)C6=O)C5C)C4)CC3)c3ccccc3)ccc2Cl)C(C(N)=O)C=C1. The third-order valence-corrected chi connectivity index (χ3v) is 14.0. The highest BCUT2D eigenvalue weighted by molar-refractivity contribution is 6.31. The zero-order valence-electron chi connectivity index (χ0n) is 35.9. The molecule has 6 aliphatic rings. The van der Waals surface area contributed by atoms with Crippen molar-refractivity contribution < 1.29 is 42.6 Å². The smallest absolute Gasteiger partial charge is 0.261 e. The van der Waals surface area contributed by atoms with Crippen molar-refractivity contribution in [2.45, 2.75) is 81.5 Å². The van der Waals surface area contributed by atoms with Crippen LogP contribution in [0.2, 0.25) is 5.02 Å². The van der Waals surface area contributed by atoms with E-state index in [1.165, 1.54) is 13.2 Å². The van der Waals surface area contributed by atoms with Crippen molar-refractivity contribution in [2.24, 2.45) is 23.5 Å². The number of allylic oxidation sites excluding steroid dienone is 2. The van der Waals surface area contributed by atoms with E-state index in [4.69, 9.17) is 26.8 Å². The Morgan fingerprint density at radius 2 is 1.69 bits per heavy atom. The number of hydrogen-bond acceptors (Lipinski definition) is 10. The Morgan fingerprint density at radius 1 is 0.938 bits per heavy atom. The predicted molar refractivity (Wildman–Crippen MR) is 235 cm³/mol. The Kier molecular flexibility index (Phi) is 13.6. The molecule has 64 heavy (non-hydrogen) atoms. The molecule has 338 valence electrons. The number of halogens is 2. The van der Waals surface area contributed by atoms with Gasteiger partial charge in [-0.05, 0) is 60.9 Å². The predicted octanol–water partition coefficient (Wildman–Crippen LogP) is 4.06. The largest absolute Gasteiger partial charge is 0.488 e. The zero-order valence-corrected chi connectivity index (χ0v) is 36.7. The van der Waals surface area contributed by atoms with Crippen molar-refractivity contribution >= 4 is 47.0 Å². The van der Waals surface area contributed by atoms with E-state index in [1.807, 2.05) is 55.5 Å². The second-order valence-electron chi connectivity index (χ2n) is 17.6. The molecule has 14 nitrogen and oxygen atoms in total. The van der Waals surface area contributed by atoms with Crippen LogP contribution >= 0.6 is 11.6 Å². The minimum Gasteiger partial charge on any atom is -0.488 e. The highest BCUT2D eigenvalue weighted by Crippen LogP contribution is 2.44. The van der Waals surface area contributed by atoms with Crippen LogP contribution in [0.4, 0.5) is 4.39 Å². The van der Waals surface area contributed by atoms with Gasteiger partial charge in [0.15, 0.2) is 11.6 Å². The molecule has 2 saturated heterocycles. The van der Waals surface area contributed by atoms with Gasteiger partial charge in [-0.2, -0.15) is 0 Å². The number of hydrogen-bond donors (Lipinski definition) is 4. The molecule has 3 aliphatic heterocycles. The summed E-state index contributed by atoms with van der Waals surface area (Å²) < 4.78 is 26.9. The maximum Gasteiger partial charge on any atom is 0.261 e. The Balaban J connectivity index is 0.849. The number of benzene rings is 2. The highest BCUT2D eigenvalue weighted by Gasteiger charge is 2.50. The maximum absolute atomic E-state index is 16.2. The summed E-state index contributed by atoms with van der Waals surface area (Å²) in [5.74, 6) is -5.90.